The van der Waals surface area contributed by atoms with Crippen molar-refractivity contribution in [1.82, 2.24) is 10.1 Å². The van der Waals surface area contributed by atoms with Gasteiger partial charge in [-0.2, -0.15) is 4.98 Å². The maximum atomic E-state index is 7.37. The Balaban J connectivity index is 2.58. The van der Waals surface area contributed by atoms with Gasteiger partial charge in [-0.3, -0.25) is 5.41 Å². The highest BCUT2D eigenvalue weighted by Gasteiger charge is 2.10. The van der Waals surface area contributed by atoms with Crippen LogP contribution in [0.15, 0.2) is 35.1 Å². The molecule has 2 rings (SSSR count). The Morgan fingerprint density at radius 2 is 2.14 bits per heavy atom. The van der Waals surface area contributed by atoms with Crippen molar-refractivity contribution in [3.05, 3.63) is 36.2 Å². The molecule has 0 fully saturated rings. The fraction of sp³-hybridized carbons (Fsp3) is 0. The molecule has 14 heavy (non-hydrogen) atoms. The Hall–Kier alpha value is -2.17. The van der Waals surface area contributed by atoms with Gasteiger partial charge in [0.15, 0.2) is 6.33 Å². The molecule has 70 valence electrons. The molecular formula is C9H8N4O. The molecule has 1 heterocycles. The Kier molecular flexibility index (Phi) is 1.98. The third-order valence-electron chi connectivity index (χ3n) is 1.81. The normalized spacial score (nSPS) is 10.0. The van der Waals surface area contributed by atoms with Crippen LogP contribution in [0.1, 0.15) is 5.56 Å². The van der Waals surface area contributed by atoms with Gasteiger partial charge >= 0.3 is 0 Å². The topological polar surface area (TPSA) is 88.8 Å². The number of hydrogen-bond acceptors (Lipinski definition) is 4. The van der Waals surface area contributed by atoms with Crippen LogP contribution in [0.2, 0.25) is 0 Å². The van der Waals surface area contributed by atoms with E-state index in [-0.39, 0.29) is 5.84 Å². The van der Waals surface area contributed by atoms with Crippen LogP contribution >= 0.6 is 0 Å². The first-order valence-electron chi connectivity index (χ1n) is 3.99. The molecule has 0 radical (unpaired) electrons. The Bertz CT molecular complexity index is 450. The molecule has 1 aromatic heterocycles. The highest BCUT2D eigenvalue weighted by Crippen LogP contribution is 2.20. The van der Waals surface area contributed by atoms with Gasteiger partial charge in [0.05, 0.1) is 5.56 Å². The van der Waals surface area contributed by atoms with Crippen LogP contribution in [0.4, 0.5) is 0 Å². The molecule has 0 bridgehead atoms. The Labute approximate surface area is 80.1 Å². The summed E-state index contributed by atoms with van der Waals surface area (Å²) in [7, 11) is 0. The molecule has 0 aliphatic carbocycles. The molecule has 5 nitrogen and oxygen atoms in total. The molecule has 5 heteroatoms. The SMILES string of the molecule is N=C(N)c1ccccc1-c1ncno1. The summed E-state index contributed by atoms with van der Waals surface area (Å²) in [5.41, 5.74) is 6.69. The van der Waals surface area contributed by atoms with E-state index >= 15 is 0 Å². The predicted octanol–water partition coefficient (Wildman–Crippen LogP) is 1.02. The lowest BCUT2D eigenvalue weighted by molar-refractivity contribution is 0.430. The lowest BCUT2D eigenvalue weighted by Crippen LogP contribution is -2.12. The number of amidine groups is 1. The van der Waals surface area contributed by atoms with E-state index in [1.807, 2.05) is 6.07 Å². The standard InChI is InChI=1S/C9H8N4O/c10-8(11)6-3-1-2-4-7(6)9-12-5-13-14-9/h1-5H,(H3,10,11). The first-order valence-corrected chi connectivity index (χ1v) is 3.99. The number of benzene rings is 1. The molecule has 0 saturated carbocycles. The molecule has 0 aliphatic heterocycles. The zero-order valence-corrected chi connectivity index (χ0v) is 7.27. The molecule has 0 saturated heterocycles. The van der Waals surface area contributed by atoms with Gasteiger partial charge in [0.1, 0.15) is 5.84 Å². The van der Waals surface area contributed by atoms with E-state index in [0.717, 1.165) is 0 Å². The highest BCUT2D eigenvalue weighted by molar-refractivity contribution is 6.00. The van der Waals surface area contributed by atoms with Gasteiger partial charge in [-0.05, 0) is 6.07 Å². The minimum absolute atomic E-state index is 0.0150. The molecule has 0 unspecified atom stereocenters. The van der Waals surface area contributed by atoms with Crippen LogP contribution < -0.4 is 5.73 Å². The average Bonchev–Trinajstić information content (AvgIpc) is 2.70. The van der Waals surface area contributed by atoms with E-state index in [9.17, 15) is 0 Å². The van der Waals surface area contributed by atoms with Crippen molar-refractivity contribution in [3.63, 3.8) is 0 Å². The summed E-state index contributed by atoms with van der Waals surface area (Å²) in [6.07, 6.45) is 1.31. The van der Waals surface area contributed by atoms with E-state index in [4.69, 9.17) is 15.7 Å². The first kappa shape index (κ1) is 8.43. The largest absolute Gasteiger partial charge is 0.384 e. The van der Waals surface area contributed by atoms with Crippen molar-refractivity contribution in [3.8, 4) is 11.5 Å². The maximum absolute atomic E-state index is 7.37. The third-order valence-corrected chi connectivity index (χ3v) is 1.81. The van der Waals surface area contributed by atoms with Gasteiger partial charge in [0.25, 0.3) is 5.89 Å². The molecule has 1 aromatic carbocycles. The second kappa shape index (κ2) is 3.29. The molecular weight excluding hydrogens is 180 g/mol. The van der Waals surface area contributed by atoms with Crippen LogP contribution in [-0.4, -0.2) is 16.0 Å². The van der Waals surface area contributed by atoms with Crippen LogP contribution in [0.25, 0.3) is 11.5 Å². The van der Waals surface area contributed by atoms with Crippen molar-refractivity contribution in [2.24, 2.45) is 5.73 Å². The summed E-state index contributed by atoms with van der Waals surface area (Å²) >= 11 is 0. The number of nitrogen functional groups attached to an aromatic ring is 1. The van der Waals surface area contributed by atoms with Gasteiger partial charge in [0.2, 0.25) is 0 Å². The second-order valence-electron chi connectivity index (χ2n) is 2.71. The first-order chi connectivity index (χ1) is 6.79. The van der Waals surface area contributed by atoms with Crippen LogP contribution in [0.5, 0.6) is 0 Å². The van der Waals surface area contributed by atoms with E-state index in [1.165, 1.54) is 6.33 Å². The van der Waals surface area contributed by atoms with Crippen LogP contribution in [0.3, 0.4) is 0 Å². The minimum Gasteiger partial charge on any atom is -0.384 e. The summed E-state index contributed by atoms with van der Waals surface area (Å²) < 4.78 is 4.90. The molecule has 0 amide bonds. The van der Waals surface area contributed by atoms with E-state index in [0.29, 0.717) is 17.0 Å². The lowest BCUT2D eigenvalue weighted by Gasteiger charge is -2.02. The number of nitrogens with zero attached hydrogens (tertiary/aromatic N) is 2. The average molecular weight is 188 g/mol. The number of hydrogen-bond donors (Lipinski definition) is 2. The Morgan fingerprint density at radius 3 is 2.79 bits per heavy atom. The predicted molar refractivity (Wildman–Crippen MR) is 50.8 cm³/mol. The van der Waals surface area contributed by atoms with Crippen molar-refractivity contribution in [2.45, 2.75) is 0 Å². The molecule has 0 spiro atoms. The van der Waals surface area contributed by atoms with Gasteiger partial charge in [-0.25, -0.2) is 0 Å². The summed E-state index contributed by atoms with van der Waals surface area (Å²) in [6, 6.07) is 7.15. The van der Waals surface area contributed by atoms with Crippen LogP contribution in [0, 0.1) is 5.41 Å². The fourth-order valence-corrected chi connectivity index (χ4v) is 1.20. The molecule has 0 atom stereocenters. The zero-order chi connectivity index (χ0) is 9.97. The second-order valence-corrected chi connectivity index (χ2v) is 2.71. The molecule has 0 aliphatic rings. The van der Waals surface area contributed by atoms with E-state index in [2.05, 4.69) is 10.1 Å². The monoisotopic (exact) mass is 188 g/mol. The Morgan fingerprint density at radius 1 is 1.36 bits per heavy atom. The van der Waals surface area contributed by atoms with E-state index < -0.39 is 0 Å². The van der Waals surface area contributed by atoms with Gasteiger partial charge < -0.3 is 10.3 Å². The summed E-state index contributed by atoms with van der Waals surface area (Å²) in [5.74, 6) is 0.356. The summed E-state index contributed by atoms with van der Waals surface area (Å²) in [4.78, 5) is 3.90. The number of nitrogens with one attached hydrogen (secondary N) is 1. The fourth-order valence-electron chi connectivity index (χ4n) is 1.20. The minimum atomic E-state index is -0.0150. The number of aromatic nitrogens is 2. The van der Waals surface area contributed by atoms with Crippen molar-refractivity contribution < 1.29 is 4.52 Å². The maximum Gasteiger partial charge on any atom is 0.258 e. The van der Waals surface area contributed by atoms with Gasteiger partial charge in [-0.15, -0.1) is 0 Å². The molecule has 2 aromatic rings. The third kappa shape index (κ3) is 1.35. The van der Waals surface area contributed by atoms with Gasteiger partial charge in [-0.1, -0.05) is 23.4 Å². The van der Waals surface area contributed by atoms with Crippen LogP contribution in [-0.2, 0) is 0 Å². The number of rotatable bonds is 2. The zero-order valence-electron chi connectivity index (χ0n) is 7.27. The summed E-state index contributed by atoms with van der Waals surface area (Å²) in [5, 5.41) is 10.9. The van der Waals surface area contributed by atoms with Gasteiger partial charge in [0, 0.05) is 5.56 Å². The highest BCUT2D eigenvalue weighted by atomic mass is 16.5. The molecule has 3 N–H and O–H groups in total. The van der Waals surface area contributed by atoms with E-state index in [1.54, 1.807) is 18.2 Å². The smallest absolute Gasteiger partial charge is 0.258 e. The van der Waals surface area contributed by atoms with Crippen molar-refractivity contribution in [1.29, 1.82) is 5.41 Å². The quantitative estimate of drug-likeness (QED) is 0.544. The van der Waals surface area contributed by atoms with Crippen molar-refractivity contribution in [2.75, 3.05) is 0 Å². The summed E-state index contributed by atoms with van der Waals surface area (Å²) in [6.45, 7) is 0. The lowest BCUT2D eigenvalue weighted by atomic mass is 10.1. The van der Waals surface area contributed by atoms with Crippen molar-refractivity contribution >= 4 is 5.84 Å². The number of nitrogens with two attached hydrogens (primary N) is 1.